The Morgan fingerprint density at radius 1 is 0.958 bits per heavy atom. The molecule has 0 bridgehead atoms. The van der Waals surface area contributed by atoms with Gasteiger partial charge in [0.1, 0.15) is 0 Å². The maximum absolute atomic E-state index is 12.0. The second-order valence-electron chi connectivity index (χ2n) is 5.75. The summed E-state index contributed by atoms with van der Waals surface area (Å²) >= 11 is 2.20. The molecule has 2 amide bonds. The summed E-state index contributed by atoms with van der Waals surface area (Å²) in [5, 5.41) is 8.80. The van der Waals surface area contributed by atoms with Crippen LogP contribution in [-0.4, -0.2) is 18.4 Å². The van der Waals surface area contributed by atoms with E-state index in [0.29, 0.717) is 0 Å². The molecule has 0 saturated heterocycles. The summed E-state index contributed by atoms with van der Waals surface area (Å²) in [4.78, 5) is 23.7. The van der Waals surface area contributed by atoms with Gasteiger partial charge in [0.2, 0.25) is 11.8 Å². The van der Waals surface area contributed by atoms with Crippen molar-refractivity contribution in [2.24, 2.45) is 5.92 Å². The third-order valence-electron chi connectivity index (χ3n) is 3.66. The van der Waals surface area contributed by atoms with Crippen LogP contribution >= 0.6 is 22.6 Å². The van der Waals surface area contributed by atoms with Crippen LogP contribution in [0.1, 0.15) is 12.8 Å². The molecular formula is C18H18IN3O2. The molecule has 3 rings (SSSR count). The van der Waals surface area contributed by atoms with E-state index < -0.39 is 0 Å². The first-order valence-electron chi connectivity index (χ1n) is 7.80. The number of nitrogens with one attached hydrogen (secondary N) is 3. The average molecular weight is 435 g/mol. The Labute approximate surface area is 154 Å². The van der Waals surface area contributed by atoms with Crippen LogP contribution in [0, 0.1) is 9.49 Å². The van der Waals surface area contributed by atoms with E-state index in [1.165, 1.54) is 0 Å². The Morgan fingerprint density at radius 3 is 2.33 bits per heavy atom. The van der Waals surface area contributed by atoms with Gasteiger partial charge in [0.25, 0.3) is 0 Å². The predicted octanol–water partition coefficient (Wildman–Crippen LogP) is 3.69. The molecular weight excluding hydrogens is 417 g/mol. The SMILES string of the molecule is O=C(CNc1ccc(NC(=O)C2CC2)cc1)Nc1cccc(I)c1. The van der Waals surface area contributed by atoms with E-state index in [9.17, 15) is 9.59 Å². The molecule has 124 valence electrons. The summed E-state index contributed by atoms with van der Waals surface area (Å²) in [5.74, 6) is 0.170. The molecule has 0 spiro atoms. The number of amides is 2. The predicted molar refractivity (Wildman–Crippen MR) is 104 cm³/mol. The lowest BCUT2D eigenvalue weighted by atomic mass is 10.2. The standard InChI is InChI=1S/C18H18IN3O2/c19-13-2-1-3-16(10-13)21-17(23)11-20-14-6-8-15(9-7-14)22-18(24)12-4-5-12/h1-3,6-10,12,20H,4-5,11H2,(H,21,23)(H,22,24). The fourth-order valence-electron chi connectivity index (χ4n) is 2.22. The number of rotatable bonds is 6. The van der Waals surface area contributed by atoms with Crippen molar-refractivity contribution in [3.8, 4) is 0 Å². The molecule has 2 aromatic carbocycles. The smallest absolute Gasteiger partial charge is 0.243 e. The molecule has 1 aliphatic rings. The third kappa shape index (κ3) is 4.95. The van der Waals surface area contributed by atoms with E-state index in [1.54, 1.807) is 0 Å². The van der Waals surface area contributed by atoms with Gasteiger partial charge >= 0.3 is 0 Å². The zero-order chi connectivity index (χ0) is 16.9. The number of halogens is 1. The molecule has 0 aliphatic heterocycles. The topological polar surface area (TPSA) is 70.2 Å². The van der Waals surface area contributed by atoms with Crippen LogP contribution in [0.4, 0.5) is 17.1 Å². The second kappa shape index (κ2) is 7.65. The van der Waals surface area contributed by atoms with E-state index in [2.05, 4.69) is 38.5 Å². The van der Waals surface area contributed by atoms with Gasteiger partial charge in [-0.1, -0.05) is 6.07 Å². The molecule has 0 aromatic heterocycles. The van der Waals surface area contributed by atoms with Crippen molar-refractivity contribution in [3.63, 3.8) is 0 Å². The lowest BCUT2D eigenvalue weighted by Gasteiger charge is -2.09. The number of carbonyl (C=O) groups excluding carboxylic acids is 2. The van der Waals surface area contributed by atoms with Crippen molar-refractivity contribution in [1.82, 2.24) is 0 Å². The van der Waals surface area contributed by atoms with Crippen molar-refractivity contribution in [1.29, 1.82) is 0 Å². The van der Waals surface area contributed by atoms with Gasteiger partial charge in [0.15, 0.2) is 0 Å². The van der Waals surface area contributed by atoms with Crippen LogP contribution in [-0.2, 0) is 9.59 Å². The molecule has 0 unspecified atom stereocenters. The monoisotopic (exact) mass is 435 g/mol. The summed E-state index contributed by atoms with van der Waals surface area (Å²) in [6.07, 6.45) is 1.97. The molecule has 1 aliphatic carbocycles. The highest BCUT2D eigenvalue weighted by Gasteiger charge is 2.29. The zero-order valence-corrected chi connectivity index (χ0v) is 15.2. The van der Waals surface area contributed by atoms with Gasteiger partial charge in [0, 0.05) is 26.6 Å². The van der Waals surface area contributed by atoms with Crippen molar-refractivity contribution in [3.05, 3.63) is 52.1 Å². The number of hydrogen-bond donors (Lipinski definition) is 3. The van der Waals surface area contributed by atoms with Gasteiger partial charge in [-0.2, -0.15) is 0 Å². The Kier molecular flexibility index (Phi) is 5.34. The molecule has 1 saturated carbocycles. The Balaban J connectivity index is 1.47. The van der Waals surface area contributed by atoms with Crippen molar-refractivity contribution in [2.75, 3.05) is 22.5 Å². The summed E-state index contributed by atoms with van der Waals surface area (Å²) in [6.45, 7) is 0.180. The highest BCUT2D eigenvalue weighted by Crippen LogP contribution is 2.30. The maximum atomic E-state index is 12.0. The van der Waals surface area contributed by atoms with Crippen LogP contribution in [0.2, 0.25) is 0 Å². The lowest BCUT2D eigenvalue weighted by molar-refractivity contribution is -0.117. The van der Waals surface area contributed by atoms with Crippen LogP contribution < -0.4 is 16.0 Å². The van der Waals surface area contributed by atoms with Crippen LogP contribution in [0.25, 0.3) is 0 Å². The van der Waals surface area contributed by atoms with Gasteiger partial charge in [-0.15, -0.1) is 0 Å². The van der Waals surface area contributed by atoms with E-state index in [-0.39, 0.29) is 24.3 Å². The van der Waals surface area contributed by atoms with E-state index in [0.717, 1.165) is 33.5 Å². The normalized spacial score (nSPS) is 13.2. The van der Waals surface area contributed by atoms with Crippen LogP contribution in [0.15, 0.2) is 48.5 Å². The zero-order valence-electron chi connectivity index (χ0n) is 13.0. The van der Waals surface area contributed by atoms with E-state index in [1.807, 2.05) is 48.5 Å². The fraction of sp³-hybridized carbons (Fsp3) is 0.222. The number of benzene rings is 2. The first kappa shape index (κ1) is 16.8. The second-order valence-corrected chi connectivity index (χ2v) is 7.00. The Morgan fingerprint density at radius 2 is 1.67 bits per heavy atom. The van der Waals surface area contributed by atoms with Gasteiger partial charge < -0.3 is 16.0 Å². The van der Waals surface area contributed by atoms with Crippen molar-refractivity contribution in [2.45, 2.75) is 12.8 Å². The average Bonchev–Trinajstić information content (AvgIpc) is 3.39. The summed E-state index contributed by atoms with van der Waals surface area (Å²) in [6, 6.07) is 15.0. The number of hydrogen-bond acceptors (Lipinski definition) is 3. The Bertz CT molecular complexity index is 742. The van der Waals surface area contributed by atoms with Gasteiger partial charge in [-0.3, -0.25) is 9.59 Å². The fourth-order valence-corrected chi connectivity index (χ4v) is 2.76. The van der Waals surface area contributed by atoms with Crippen molar-refractivity contribution >= 4 is 51.5 Å². The molecule has 0 heterocycles. The first-order chi connectivity index (χ1) is 11.6. The highest BCUT2D eigenvalue weighted by atomic mass is 127. The molecule has 0 radical (unpaired) electrons. The summed E-state index contributed by atoms with van der Waals surface area (Å²) < 4.78 is 1.07. The van der Waals surface area contributed by atoms with E-state index >= 15 is 0 Å². The number of carbonyl (C=O) groups is 2. The molecule has 1 fully saturated rings. The quantitative estimate of drug-likeness (QED) is 0.607. The van der Waals surface area contributed by atoms with Gasteiger partial charge in [-0.05, 0) is 77.9 Å². The minimum Gasteiger partial charge on any atom is -0.376 e. The lowest BCUT2D eigenvalue weighted by Crippen LogP contribution is -2.21. The minimum absolute atomic E-state index is 0.0904. The van der Waals surface area contributed by atoms with E-state index in [4.69, 9.17) is 0 Å². The minimum atomic E-state index is -0.108. The van der Waals surface area contributed by atoms with Gasteiger partial charge in [-0.25, -0.2) is 0 Å². The Hall–Kier alpha value is -2.09. The highest BCUT2D eigenvalue weighted by molar-refractivity contribution is 14.1. The third-order valence-corrected chi connectivity index (χ3v) is 4.33. The van der Waals surface area contributed by atoms with Crippen LogP contribution in [0.5, 0.6) is 0 Å². The summed E-state index contributed by atoms with van der Waals surface area (Å²) in [5.41, 5.74) is 2.39. The first-order valence-corrected chi connectivity index (χ1v) is 8.88. The van der Waals surface area contributed by atoms with Crippen molar-refractivity contribution < 1.29 is 9.59 Å². The molecule has 0 atom stereocenters. The van der Waals surface area contributed by atoms with Gasteiger partial charge in [0.05, 0.1) is 6.54 Å². The molecule has 2 aromatic rings. The molecule has 24 heavy (non-hydrogen) atoms. The molecule has 5 nitrogen and oxygen atoms in total. The molecule has 6 heteroatoms. The number of anilines is 3. The molecule has 3 N–H and O–H groups in total. The largest absolute Gasteiger partial charge is 0.376 e. The maximum Gasteiger partial charge on any atom is 0.243 e. The van der Waals surface area contributed by atoms with Crippen LogP contribution in [0.3, 0.4) is 0 Å². The summed E-state index contributed by atoms with van der Waals surface area (Å²) in [7, 11) is 0.